The van der Waals surface area contributed by atoms with Crippen molar-refractivity contribution in [2.75, 3.05) is 37.9 Å². The summed E-state index contributed by atoms with van der Waals surface area (Å²) in [6.45, 7) is 6.53. The van der Waals surface area contributed by atoms with Gasteiger partial charge in [-0.25, -0.2) is 0 Å². The molecule has 0 radical (unpaired) electrons. The van der Waals surface area contributed by atoms with Gasteiger partial charge in [0.2, 0.25) is 35.4 Å². The number of hydrogen-bond donors (Lipinski definition) is 9. The molecule has 0 aromatic rings. The molecule has 308 valence electrons. The molecule has 6 amide bonds. The lowest BCUT2D eigenvalue weighted by atomic mass is 9.96. The van der Waals surface area contributed by atoms with Gasteiger partial charge in [0.25, 0.3) is 0 Å². The van der Waals surface area contributed by atoms with Crippen molar-refractivity contribution in [3.05, 3.63) is 0 Å². The average Bonchev–Trinajstić information content (AvgIpc) is 3.13. The summed E-state index contributed by atoms with van der Waals surface area (Å²) in [5.74, 6) is -4.80. The van der Waals surface area contributed by atoms with E-state index in [2.05, 4.69) is 31.9 Å². The molecule has 1 fully saturated rings. The highest BCUT2D eigenvalue weighted by atomic mass is 32.2. The number of carbonyl (C=O) groups is 8. The van der Waals surface area contributed by atoms with Gasteiger partial charge < -0.3 is 66.2 Å². The molecular formula is C32H54N6O15S. The van der Waals surface area contributed by atoms with E-state index in [0.717, 1.165) is 25.6 Å². The SMILES string of the molecule is CCC(=O)N[C@@H](CSCC(COC(=O)CC)OC(=O)CC)C(=O)NCC(=O)NCNC(=O)[C@@H](NC(C)=O)[C@@H](C)O[C@@H]1OC(CO)[C@@H](O)C(O)C1NC(C)=O. The number of nitrogens with one attached hydrogen (secondary N) is 6. The van der Waals surface area contributed by atoms with Crippen molar-refractivity contribution in [2.24, 2.45) is 0 Å². The van der Waals surface area contributed by atoms with Crippen LogP contribution < -0.4 is 31.9 Å². The Morgan fingerprint density at radius 2 is 1.46 bits per heavy atom. The zero-order valence-corrected chi connectivity index (χ0v) is 32.0. The Bertz CT molecular complexity index is 1290. The molecule has 1 aliphatic rings. The highest BCUT2D eigenvalue weighted by Crippen LogP contribution is 2.24. The number of thioether (sulfide) groups is 1. The Morgan fingerprint density at radius 1 is 0.796 bits per heavy atom. The lowest BCUT2D eigenvalue weighted by molar-refractivity contribution is -0.281. The second-order valence-electron chi connectivity index (χ2n) is 12.0. The van der Waals surface area contributed by atoms with Gasteiger partial charge in [-0.05, 0) is 6.92 Å². The standard InChI is InChI=1S/C32H54N6O15S/c1-7-22(42)38-20(14-54-13-19(52-25(45)9-3)12-50-24(44)8-2)30(48)33-10-23(43)34-15-35-31(49)26(36-17(5)40)16(4)51-32-27(37-18(6)41)29(47)28(46)21(11-39)53-32/h16,19-21,26-29,32,39,46-47H,7-15H2,1-6H3,(H,33,48)(H,34,43)(H,35,49)(H,36,40)(H,37,41)(H,38,42)/t16-,19?,20+,21?,26+,27?,28-,29?,32-/m1/s1. The van der Waals surface area contributed by atoms with Crippen LogP contribution in [0.2, 0.25) is 0 Å². The van der Waals surface area contributed by atoms with Crippen molar-refractivity contribution in [3.8, 4) is 0 Å². The summed E-state index contributed by atoms with van der Waals surface area (Å²) in [6.07, 6.45) is -7.67. The highest BCUT2D eigenvalue weighted by molar-refractivity contribution is 7.99. The second kappa shape index (κ2) is 25.1. The maximum Gasteiger partial charge on any atom is 0.305 e. The first-order valence-electron chi connectivity index (χ1n) is 17.3. The van der Waals surface area contributed by atoms with E-state index in [4.69, 9.17) is 18.9 Å². The number of aliphatic hydroxyl groups is 3. The molecule has 0 spiro atoms. The van der Waals surface area contributed by atoms with Crippen LogP contribution in [0.25, 0.3) is 0 Å². The molecule has 1 aliphatic heterocycles. The lowest BCUT2D eigenvalue weighted by Gasteiger charge is -2.43. The summed E-state index contributed by atoms with van der Waals surface area (Å²) in [7, 11) is 0. The van der Waals surface area contributed by atoms with Crippen LogP contribution in [0.1, 0.15) is 60.8 Å². The van der Waals surface area contributed by atoms with Crippen molar-refractivity contribution in [3.63, 3.8) is 0 Å². The molecule has 0 aromatic carbocycles. The van der Waals surface area contributed by atoms with E-state index >= 15 is 0 Å². The number of carbonyl (C=O) groups excluding carboxylic acids is 8. The molecule has 4 unspecified atom stereocenters. The van der Waals surface area contributed by atoms with Gasteiger partial charge in [0, 0.05) is 44.6 Å². The monoisotopic (exact) mass is 794 g/mol. The largest absolute Gasteiger partial charge is 0.462 e. The summed E-state index contributed by atoms with van der Waals surface area (Å²) in [5.41, 5.74) is 0. The van der Waals surface area contributed by atoms with Crippen molar-refractivity contribution >= 4 is 59.1 Å². The fourth-order valence-electron chi connectivity index (χ4n) is 4.65. The van der Waals surface area contributed by atoms with Crippen LogP contribution >= 0.6 is 11.8 Å². The second-order valence-corrected chi connectivity index (χ2v) is 13.1. The van der Waals surface area contributed by atoms with Gasteiger partial charge in [-0.3, -0.25) is 38.4 Å². The van der Waals surface area contributed by atoms with Crippen molar-refractivity contribution < 1.29 is 72.6 Å². The minimum Gasteiger partial charge on any atom is -0.462 e. The molecule has 0 saturated carbocycles. The Labute approximate surface area is 317 Å². The first-order valence-corrected chi connectivity index (χ1v) is 18.5. The van der Waals surface area contributed by atoms with Crippen LogP contribution in [-0.2, 0) is 57.3 Å². The van der Waals surface area contributed by atoms with Gasteiger partial charge >= 0.3 is 11.9 Å². The third-order valence-electron chi connectivity index (χ3n) is 7.55. The summed E-state index contributed by atoms with van der Waals surface area (Å²) in [5, 5.41) is 44.8. The first kappa shape index (κ1) is 47.9. The van der Waals surface area contributed by atoms with Crippen molar-refractivity contribution in [1.29, 1.82) is 0 Å². The molecule has 1 rings (SSSR count). The summed E-state index contributed by atoms with van der Waals surface area (Å²) in [6, 6.07) is -3.81. The third-order valence-corrected chi connectivity index (χ3v) is 8.72. The van der Waals surface area contributed by atoms with Crippen molar-refractivity contribution in [1.82, 2.24) is 31.9 Å². The molecule has 9 atom stereocenters. The van der Waals surface area contributed by atoms with E-state index in [1.807, 2.05) is 0 Å². The number of hydrogen-bond acceptors (Lipinski definition) is 16. The summed E-state index contributed by atoms with van der Waals surface area (Å²) >= 11 is 1.14. The van der Waals surface area contributed by atoms with Crippen molar-refractivity contribution in [2.45, 2.75) is 116 Å². The minimum absolute atomic E-state index is 0.0135. The smallest absolute Gasteiger partial charge is 0.305 e. The van der Waals surface area contributed by atoms with E-state index in [0.29, 0.717) is 0 Å². The van der Waals surface area contributed by atoms with Crippen LogP contribution in [0.5, 0.6) is 0 Å². The minimum atomic E-state index is -1.62. The Kier molecular flexibility index (Phi) is 22.3. The Balaban J connectivity index is 2.80. The fourth-order valence-corrected chi connectivity index (χ4v) is 5.69. The van der Waals surface area contributed by atoms with Gasteiger partial charge in [-0.2, -0.15) is 11.8 Å². The van der Waals surface area contributed by atoms with E-state index in [9.17, 15) is 53.7 Å². The van der Waals surface area contributed by atoms with Crippen LogP contribution in [0.3, 0.4) is 0 Å². The molecule has 0 aromatic heterocycles. The molecule has 0 bridgehead atoms. The first-order chi connectivity index (χ1) is 25.5. The van der Waals surface area contributed by atoms with Crippen LogP contribution in [0.15, 0.2) is 0 Å². The molecule has 1 heterocycles. The van der Waals surface area contributed by atoms with Gasteiger partial charge in [0.1, 0.15) is 49.1 Å². The quantitative estimate of drug-likeness (QED) is 0.0352. The van der Waals surface area contributed by atoms with E-state index < -0.39 is 122 Å². The van der Waals surface area contributed by atoms with E-state index in [1.54, 1.807) is 20.8 Å². The maximum absolute atomic E-state index is 13.1. The normalized spacial score (nSPS) is 21.5. The van der Waals surface area contributed by atoms with Crippen LogP contribution in [0.4, 0.5) is 0 Å². The number of amides is 6. The maximum atomic E-state index is 13.1. The highest BCUT2D eigenvalue weighted by Gasteiger charge is 2.46. The topological polar surface area (TPSA) is 306 Å². The number of ether oxygens (including phenoxy) is 4. The van der Waals surface area contributed by atoms with Crippen LogP contribution in [0, 0.1) is 0 Å². The molecular weight excluding hydrogens is 740 g/mol. The van der Waals surface area contributed by atoms with Gasteiger partial charge in [-0.1, -0.05) is 20.8 Å². The number of esters is 2. The molecule has 22 heteroatoms. The lowest BCUT2D eigenvalue weighted by Crippen LogP contribution is -2.66. The molecule has 54 heavy (non-hydrogen) atoms. The van der Waals surface area contributed by atoms with E-state index in [1.165, 1.54) is 6.92 Å². The van der Waals surface area contributed by atoms with E-state index in [-0.39, 0.29) is 37.4 Å². The Morgan fingerprint density at radius 3 is 2.04 bits per heavy atom. The zero-order chi connectivity index (χ0) is 41.0. The van der Waals surface area contributed by atoms with Gasteiger partial charge in [-0.15, -0.1) is 0 Å². The molecule has 9 N–H and O–H groups in total. The zero-order valence-electron chi connectivity index (χ0n) is 31.2. The third kappa shape index (κ3) is 17.4. The number of rotatable bonds is 23. The summed E-state index contributed by atoms with van der Waals surface area (Å²) in [4.78, 5) is 97.8. The number of aliphatic hydroxyl groups excluding tert-OH is 3. The Hall–Kier alpha value is -4.09. The van der Waals surface area contributed by atoms with Gasteiger partial charge in [0.05, 0.1) is 25.9 Å². The predicted octanol–water partition coefficient (Wildman–Crippen LogP) is -3.95. The predicted molar refractivity (Wildman–Crippen MR) is 189 cm³/mol. The molecule has 21 nitrogen and oxygen atoms in total. The molecule has 1 saturated heterocycles. The van der Waals surface area contributed by atoms with Crippen LogP contribution in [-0.4, -0.2) is 156 Å². The summed E-state index contributed by atoms with van der Waals surface area (Å²) < 4.78 is 21.7. The van der Waals surface area contributed by atoms with Gasteiger partial charge in [0.15, 0.2) is 6.29 Å². The average molecular weight is 795 g/mol. The fraction of sp³-hybridized carbons (Fsp3) is 0.750. The molecule has 0 aliphatic carbocycles.